The molecule has 0 heterocycles. The lowest BCUT2D eigenvalue weighted by Crippen LogP contribution is -2.11. The van der Waals surface area contributed by atoms with Gasteiger partial charge in [0.15, 0.2) is 5.05 Å². The summed E-state index contributed by atoms with van der Waals surface area (Å²) in [5.41, 5.74) is -0.760. The highest BCUT2D eigenvalue weighted by Gasteiger charge is 2.31. The minimum absolute atomic E-state index is 0.0105. The monoisotopic (exact) mass is 525 g/mol. The topological polar surface area (TPSA) is 87.9 Å². The smallest absolute Gasteiger partial charge is 0.416 e. The van der Waals surface area contributed by atoms with Gasteiger partial charge in [0.25, 0.3) is 5.69 Å². The molecule has 0 aliphatic rings. The summed E-state index contributed by atoms with van der Waals surface area (Å²) in [5, 5.41) is 11.2. The molecule has 0 radical (unpaired) electrons. The molecular formula is C23H15ClF3NO6S. The summed E-state index contributed by atoms with van der Waals surface area (Å²) < 4.78 is 54.2. The second-order valence-electron chi connectivity index (χ2n) is 6.96. The Balaban J connectivity index is 1.78. The van der Waals surface area contributed by atoms with Crippen LogP contribution in [0.3, 0.4) is 0 Å². The largest absolute Gasteiger partial charge is 0.465 e. The second kappa shape index (κ2) is 10.7. The maximum atomic E-state index is 12.8. The van der Waals surface area contributed by atoms with Crippen LogP contribution in [0, 0.1) is 10.1 Å². The molecule has 0 amide bonds. The van der Waals surface area contributed by atoms with Crippen molar-refractivity contribution >= 4 is 40.5 Å². The molecule has 0 aromatic heterocycles. The summed E-state index contributed by atoms with van der Waals surface area (Å²) >= 11 is 11.1. The van der Waals surface area contributed by atoms with Gasteiger partial charge in [0.1, 0.15) is 17.2 Å². The van der Waals surface area contributed by atoms with E-state index in [1.807, 2.05) is 0 Å². The summed E-state index contributed by atoms with van der Waals surface area (Å²) in [7, 11) is 1.25. The van der Waals surface area contributed by atoms with Gasteiger partial charge in [0.05, 0.1) is 28.2 Å². The van der Waals surface area contributed by atoms with E-state index in [2.05, 4.69) is 4.74 Å². The number of halogens is 4. The maximum absolute atomic E-state index is 12.8. The van der Waals surface area contributed by atoms with E-state index in [0.29, 0.717) is 11.3 Å². The molecule has 0 spiro atoms. The first kappa shape index (κ1) is 25.9. The number of esters is 1. The Morgan fingerprint density at radius 1 is 1.06 bits per heavy atom. The number of benzene rings is 3. The molecule has 0 saturated carbocycles. The fourth-order valence-corrected chi connectivity index (χ4v) is 3.40. The third kappa shape index (κ3) is 6.67. The molecule has 0 atom stereocenters. The molecule has 182 valence electrons. The Labute approximate surface area is 207 Å². The highest BCUT2D eigenvalue weighted by Crippen LogP contribution is 2.37. The minimum Gasteiger partial charge on any atom is -0.465 e. The number of carbonyl (C=O) groups excluding carboxylic acids is 1. The van der Waals surface area contributed by atoms with Crippen molar-refractivity contribution in [2.75, 3.05) is 7.11 Å². The predicted molar refractivity (Wildman–Crippen MR) is 124 cm³/mol. The number of rotatable bonds is 7. The van der Waals surface area contributed by atoms with Crippen molar-refractivity contribution in [2.45, 2.75) is 12.6 Å². The van der Waals surface area contributed by atoms with E-state index < -0.39 is 22.6 Å². The quantitative estimate of drug-likeness (QED) is 0.145. The van der Waals surface area contributed by atoms with Gasteiger partial charge in [-0.2, -0.15) is 13.2 Å². The molecule has 3 aromatic rings. The summed E-state index contributed by atoms with van der Waals surface area (Å²) in [5.74, 6) is -0.199. The van der Waals surface area contributed by atoms with E-state index in [4.69, 9.17) is 33.3 Å². The highest BCUT2D eigenvalue weighted by atomic mass is 35.5. The van der Waals surface area contributed by atoms with Gasteiger partial charge >= 0.3 is 12.1 Å². The second-order valence-corrected chi connectivity index (χ2v) is 7.82. The lowest BCUT2D eigenvalue weighted by atomic mass is 10.1. The SMILES string of the molecule is COC(=O)c1ccc(OC(=S)Cc2cc(Oc3ccc(C(F)(F)F)cc3Cl)ccc2[N+](=O)[O-])cc1. The zero-order valence-corrected chi connectivity index (χ0v) is 19.4. The Bertz CT molecular complexity index is 1280. The van der Waals surface area contributed by atoms with Crippen molar-refractivity contribution in [3.05, 3.63) is 92.5 Å². The molecule has 0 bridgehead atoms. The van der Waals surface area contributed by atoms with Gasteiger partial charge in [-0.15, -0.1) is 0 Å². The molecule has 7 nitrogen and oxygen atoms in total. The molecule has 0 fully saturated rings. The van der Waals surface area contributed by atoms with Crippen molar-refractivity contribution in [1.29, 1.82) is 0 Å². The van der Waals surface area contributed by atoms with Crippen molar-refractivity contribution < 1.29 is 37.1 Å². The summed E-state index contributed by atoms with van der Waals surface area (Å²) in [6.07, 6.45) is -4.72. The van der Waals surface area contributed by atoms with Crippen molar-refractivity contribution in [1.82, 2.24) is 0 Å². The predicted octanol–water partition coefficient (Wildman–Crippen LogP) is 6.79. The van der Waals surface area contributed by atoms with Crippen molar-refractivity contribution in [3.8, 4) is 17.2 Å². The van der Waals surface area contributed by atoms with Crippen LogP contribution < -0.4 is 9.47 Å². The molecule has 35 heavy (non-hydrogen) atoms. The first-order chi connectivity index (χ1) is 16.5. The maximum Gasteiger partial charge on any atom is 0.416 e. The number of hydrogen-bond acceptors (Lipinski definition) is 7. The van der Waals surface area contributed by atoms with Gasteiger partial charge in [0, 0.05) is 18.1 Å². The third-order valence-electron chi connectivity index (χ3n) is 4.58. The van der Waals surface area contributed by atoms with Crippen molar-refractivity contribution in [2.24, 2.45) is 0 Å². The average Bonchev–Trinajstić information content (AvgIpc) is 2.79. The Hall–Kier alpha value is -3.70. The fourth-order valence-electron chi connectivity index (χ4n) is 2.93. The van der Waals surface area contributed by atoms with Gasteiger partial charge < -0.3 is 14.2 Å². The molecule has 3 aromatic carbocycles. The number of carbonyl (C=O) groups is 1. The van der Waals surface area contributed by atoms with E-state index in [-0.39, 0.29) is 39.2 Å². The number of methoxy groups -OCH3 is 1. The normalized spacial score (nSPS) is 11.0. The molecular weight excluding hydrogens is 511 g/mol. The van der Waals surface area contributed by atoms with Crippen LogP contribution in [0.25, 0.3) is 0 Å². The number of nitro benzene ring substituents is 1. The van der Waals surface area contributed by atoms with Crippen LogP contribution in [0.2, 0.25) is 5.02 Å². The van der Waals surface area contributed by atoms with Gasteiger partial charge in [0.2, 0.25) is 0 Å². The molecule has 0 saturated heterocycles. The van der Waals surface area contributed by atoms with Gasteiger partial charge in [-0.25, -0.2) is 4.79 Å². The number of nitro groups is 1. The molecule has 0 aliphatic heterocycles. The van der Waals surface area contributed by atoms with Crippen LogP contribution in [0.5, 0.6) is 17.2 Å². The minimum atomic E-state index is -4.57. The van der Waals surface area contributed by atoms with Crippen molar-refractivity contribution in [3.63, 3.8) is 0 Å². The molecule has 0 aliphatic carbocycles. The summed E-state index contributed by atoms with van der Waals surface area (Å²) in [6.45, 7) is 0. The summed E-state index contributed by atoms with van der Waals surface area (Å²) in [6, 6.07) is 12.3. The van der Waals surface area contributed by atoms with Crippen LogP contribution >= 0.6 is 23.8 Å². The lowest BCUT2D eigenvalue weighted by molar-refractivity contribution is -0.385. The fraction of sp³-hybridized carbons (Fsp3) is 0.130. The molecule has 12 heteroatoms. The lowest BCUT2D eigenvalue weighted by Gasteiger charge is -2.12. The van der Waals surface area contributed by atoms with Crippen LogP contribution in [0.4, 0.5) is 18.9 Å². The van der Waals surface area contributed by atoms with Crippen LogP contribution in [-0.2, 0) is 17.3 Å². The van der Waals surface area contributed by atoms with E-state index in [9.17, 15) is 28.1 Å². The van der Waals surface area contributed by atoms with E-state index in [0.717, 1.165) is 18.2 Å². The Kier molecular flexibility index (Phi) is 7.92. The van der Waals surface area contributed by atoms with Crippen LogP contribution in [0.1, 0.15) is 21.5 Å². The van der Waals surface area contributed by atoms with E-state index in [1.165, 1.54) is 49.6 Å². The van der Waals surface area contributed by atoms with E-state index in [1.54, 1.807) is 0 Å². The number of nitrogens with zero attached hydrogens (tertiary/aromatic N) is 1. The number of ether oxygens (including phenoxy) is 3. The van der Waals surface area contributed by atoms with E-state index >= 15 is 0 Å². The Morgan fingerprint density at radius 2 is 1.71 bits per heavy atom. The van der Waals surface area contributed by atoms with Gasteiger partial charge in [-0.1, -0.05) is 11.6 Å². The number of hydrogen-bond donors (Lipinski definition) is 0. The average molecular weight is 526 g/mol. The van der Waals surface area contributed by atoms with Gasteiger partial charge in [-0.05, 0) is 66.8 Å². The zero-order chi connectivity index (χ0) is 25.8. The summed E-state index contributed by atoms with van der Waals surface area (Å²) in [4.78, 5) is 22.4. The van der Waals surface area contributed by atoms with Gasteiger partial charge in [-0.3, -0.25) is 10.1 Å². The molecule has 0 N–H and O–H groups in total. The Morgan fingerprint density at radius 3 is 2.29 bits per heavy atom. The first-order valence-electron chi connectivity index (χ1n) is 9.69. The number of thiocarbonyl (C=S) groups is 1. The zero-order valence-electron chi connectivity index (χ0n) is 17.8. The highest BCUT2D eigenvalue weighted by molar-refractivity contribution is 7.80. The molecule has 0 unspecified atom stereocenters. The number of alkyl halides is 3. The third-order valence-corrected chi connectivity index (χ3v) is 5.10. The van der Waals surface area contributed by atoms with Crippen LogP contribution in [0.15, 0.2) is 60.7 Å². The molecule has 3 rings (SSSR count). The first-order valence-corrected chi connectivity index (χ1v) is 10.5. The van der Waals surface area contributed by atoms with Crippen LogP contribution in [-0.4, -0.2) is 23.1 Å². The standard InChI is InChI=1S/C23H15ClF3NO6S/c1-32-22(29)13-2-5-16(6-3-13)34-21(35)11-14-10-17(7-8-19(14)28(30)31)33-20-9-4-15(12-18(20)24)23(25,26)27/h2-10,12H,11H2,1H3.